The topological polar surface area (TPSA) is 29.3 Å². The van der Waals surface area contributed by atoms with E-state index >= 15 is 0 Å². The van der Waals surface area contributed by atoms with Crippen molar-refractivity contribution in [3.8, 4) is 0 Å². The second kappa shape index (κ2) is 4.19. The molecule has 0 bridgehead atoms. The first-order valence-electron chi connectivity index (χ1n) is 6.16. The maximum Gasteiger partial charge on any atom is 0.0127 e. The summed E-state index contributed by atoms with van der Waals surface area (Å²) in [6, 6.07) is 1.40. The molecule has 0 spiro atoms. The molecule has 1 saturated heterocycles. The van der Waals surface area contributed by atoms with Crippen LogP contribution in [0.2, 0.25) is 0 Å². The fraction of sp³-hybridized carbons (Fsp3) is 1.00. The zero-order chi connectivity index (χ0) is 10.1. The largest absolute Gasteiger partial charge is 0.328 e. The van der Waals surface area contributed by atoms with Gasteiger partial charge in [-0.15, -0.1) is 0 Å². The lowest BCUT2D eigenvalue weighted by Crippen LogP contribution is -2.41. The molecule has 0 aromatic heterocycles. The highest BCUT2D eigenvalue weighted by Gasteiger charge is 2.42. The van der Waals surface area contributed by atoms with E-state index < -0.39 is 0 Å². The Kier molecular flexibility index (Phi) is 3.13. The summed E-state index contributed by atoms with van der Waals surface area (Å²) in [5.41, 5.74) is 5.91. The van der Waals surface area contributed by atoms with E-state index in [1.807, 2.05) is 0 Å². The Morgan fingerprint density at radius 1 is 1.29 bits per heavy atom. The van der Waals surface area contributed by atoms with Gasteiger partial charge in [0.25, 0.3) is 0 Å². The average Bonchev–Trinajstić information content (AvgIpc) is 2.84. The Balaban J connectivity index is 1.71. The molecule has 14 heavy (non-hydrogen) atoms. The van der Waals surface area contributed by atoms with Crippen LogP contribution >= 0.6 is 0 Å². The molecule has 0 radical (unpaired) electrons. The Morgan fingerprint density at radius 2 is 1.93 bits per heavy atom. The minimum absolute atomic E-state index is 0.480. The number of nitrogens with two attached hydrogens (primary N) is 1. The van der Waals surface area contributed by atoms with E-state index in [-0.39, 0.29) is 0 Å². The molecular weight excluding hydrogens is 172 g/mol. The average molecular weight is 196 g/mol. The third-order valence-electron chi connectivity index (χ3n) is 3.70. The van der Waals surface area contributed by atoms with E-state index in [0.717, 1.165) is 17.9 Å². The molecule has 2 atom stereocenters. The molecule has 2 rings (SSSR count). The van der Waals surface area contributed by atoms with Crippen molar-refractivity contribution in [2.24, 2.45) is 17.6 Å². The first-order valence-corrected chi connectivity index (χ1v) is 6.16. The molecule has 1 aliphatic heterocycles. The summed E-state index contributed by atoms with van der Waals surface area (Å²) in [7, 11) is 0. The van der Waals surface area contributed by atoms with E-state index in [2.05, 4.69) is 18.7 Å². The lowest BCUT2D eigenvalue weighted by molar-refractivity contribution is 0.193. The lowest BCUT2D eigenvalue weighted by Gasteiger charge is -2.30. The van der Waals surface area contributed by atoms with Crippen molar-refractivity contribution in [3.05, 3.63) is 0 Å². The first kappa shape index (κ1) is 10.4. The highest BCUT2D eigenvalue weighted by Crippen LogP contribution is 2.41. The number of rotatable bonds is 3. The van der Waals surface area contributed by atoms with E-state index in [1.54, 1.807) is 0 Å². The van der Waals surface area contributed by atoms with E-state index in [9.17, 15) is 0 Å². The minimum Gasteiger partial charge on any atom is -0.328 e. The predicted octanol–water partition coefficient (Wildman–Crippen LogP) is 1.84. The van der Waals surface area contributed by atoms with Crippen LogP contribution in [0.4, 0.5) is 0 Å². The van der Waals surface area contributed by atoms with Gasteiger partial charge in [-0.25, -0.2) is 0 Å². The zero-order valence-corrected chi connectivity index (χ0v) is 9.58. The van der Waals surface area contributed by atoms with Gasteiger partial charge < -0.3 is 5.73 Å². The summed E-state index contributed by atoms with van der Waals surface area (Å²) < 4.78 is 0. The third-order valence-corrected chi connectivity index (χ3v) is 3.70. The van der Waals surface area contributed by atoms with Gasteiger partial charge in [-0.1, -0.05) is 13.8 Å². The number of piperidine rings is 1. The van der Waals surface area contributed by atoms with E-state index in [0.29, 0.717) is 6.04 Å². The molecule has 0 amide bonds. The molecule has 0 aromatic rings. The second-order valence-electron chi connectivity index (χ2n) is 5.57. The molecule has 1 saturated carbocycles. The number of likely N-dealkylation sites (tertiary alicyclic amines) is 1. The Bertz CT molecular complexity index is 183. The number of hydrogen-bond acceptors (Lipinski definition) is 2. The van der Waals surface area contributed by atoms with Gasteiger partial charge in [-0.2, -0.15) is 0 Å². The van der Waals surface area contributed by atoms with Crippen LogP contribution in [0.1, 0.15) is 39.5 Å². The van der Waals surface area contributed by atoms with Crippen LogP contribution in [-0.2, 0) is 0 Å². The third kappa shape index (κ3) is 2.48. The van der Waals surface area contributed by atoms with Crippen molar-refractivity contribution < 1.29 is 0 Å². The smallest absolute Gasteiger partial charge is 0.0127 e. The second-order valence-corrected chi connectivity index (χ2v) is 5.57. The minimum atomic E-state index is 0.480. The van der Waals surface area contributed by atoms with Crippen LogP contribution in [0.15, 0.2) is 0 Å². The molecule has 2 aliphatic rings. The molecule has 2 N–H and O–H groups in total. The van der Waals surface area contributed by atoms with E-state index in [4.69, 9.17) is 5.73 Å². The number of hydrogen-bond donors (Lipinski definition) is 1. The van der Waals surface area contributed by atoms with Crippen LogP contribution in [0, 0.1) is 11.8 Å². The van der Waals surface area contributed by atoms with Crippen molar-refractivity contribution in [3.63, 3.8) is 0 Å². The molecule has 2 unspecified atom stereocenters. The predicted molar refractivity (Wildman–Crippen MR) is 60.1 cm³/mol. The van der Waals surface area contributed by atoms with Crippen LogP contribution in [0.25, 0.3) is 0 Å². The molecule has 2 heteroatoms. The monoisotopic (exact) mass is 196 g/mol. The van der Waals surface area contributed by atoms with Gasteiger partial charge in [0.15, 0.2) is 0 Å². The van der Waals surface area contributed by atoms with Crippen LogP contribution in [0.5, 0.6) is 0 Å². The maximum absolute atomic E-state index is 5.91. The summed E-state index contributed by atoms with van der Waals surface area (Å²) in [4.78, 5) is 2.68. The van der Waals surface area contributed by atoms with Crippen LogP contribution in [-0.4, -0.2) is 30.1 Å². The SMILES string of the molecule is CC(C)CC1CC1N1CCC(N)CC1. The summed E-state index contributed by atoms with van der Waals surface area (Å²) >= 11 is 0. The zero-order valence-electron chi connectivity index (χ0n) is 9.58. The van der Waals surface area contributed by atoms with Crippen molar-refractivity contribution in [2.75, 3.05) is 13.1 Å². The summed E-state index contributed by atoms with van der Waals surface area (Å²) in [6.45, 7) is 7.17. The van der Waals surface area contributed by atoms with Crippen LogP contribution in [0.3, 0.4) is 0 Å². The van der Waals surface area contributed by atoms with Gasteiger partial charge in [0, 0.05) is 12.1 Å². The Hall–Kier alpha value is -0.0800. The van der Waals surface area contributed by atoms with Gasteiger partial charge in [-0.3, -0.25) is 4.90 Å². The van der Waals surface area contributed by atoms with Gasteiger partial charge in [0.1, 0.15) is 0 Å². The normalized spacial score (nSPS) is 35.1. The molecule has 1 aliphatic carbocycles. The number of nitrogens with zero attached hydrogens (tertiary/aromatic N) is 1. The van der Waals surface area contributed by atoms with Gasteiger partial charge >= 0.3 is 0 Å². The lowest BCUT2D eigenvalue weighted by atomic mass is 10.0. The Morgan fingerprint density at radius 3 is 2.50 bits per heavy atom. The molecule has 1 heterocycles. The first-order chi connectivity index (χ1) is 6.66. The Labute approximate surface area is 87.8 Å². The molecular formula is C12H24N2. The van der Waals surface area contributed by atoms with Gasteiger partial charge in [0.05, 0.1) is 0 Å². The van der Waals surface area contributed by atoms with Crippen molar-refractivity contribution >= 4 is 0 Å². The standard InChI is InChI=1S/C12H24N2/c1-9(2)7-10-8-12(10)14-5-3-11(13)4-6-14/h9-12H,3-8,13H2,1-2H3. The highest BCUT2D eigenvalue weighted by atomic mass is 15.2. The molecule has 2 fully saturated rings. The summed E-state index contributed by atoms with van der Waals surface area (Å²) in [5.74, 6) is 1.88. The van der Waals surface area contributed by atoms with E-state index in [1.165, 1.54) is 38.8 Å². The molecule has 0 aromatic carbocycles. The summed E-state index contributed by atoms with van der Waals surface area (Å²) in [5, 5.41) is 0. The summed E-state index contributed by atoms with van der Waals surface area (Å²) in [6.07, 6.45) is 5.30. The fourth-order valence-electron chi connectivity index (χ4n) is 2.79. The van der Waals surface area contributed by atoms with Crippen LogP contribution < -0.4 is 5.73 Å². The molecule has 82 valence electrons. The van der Waals surface area contributed by atoms with Crippen molar-refractivity contribution in [1.29, 1.82) is 0 Å². The van der Waals surface area contributed by atoms with Gasteiger partial charge in [0.2, 0.25) is 0 Å². The van der Waals surface area contributed by atoms with Crippen molar-refractivity contribution in [2.45, 2.75) is 51.6 Å². The van der Waals surface area contributed by atoms with Gasteiger partial charge in [-0.05, 0) is 50.6 Å². The molecule has 2 nitrogen and oxygen atoms in total. The maximum atomic E-state index is 5.91. The quantitative estimate of drug-likeness (QED) is 0.746. The highest BCUT2D eigenvalue weighted by molar-refractivity contribution is 4.96. The van der Waals surface area contributed by atoms with Crippen molar-refractivity contribution in [1.82, 2.24) is 4.90 Å². The fourth-order valence-corrected chi connectivity index (χ4v) is 2.79.